The Bertz CT molecular complexity index is 1110. The topological polar surface area (TPSA) is 67.4 Å². The van der Waals surface area contributed by atoms with E-state index in [2.05, 4.69) is 17.6 Å². The Labute approximate surface area is 179 Å². The molecule has 0 unspecified atom stereocenters. The number of thiophene rings is 1. The summed E-state index contributed by atoms with van der Waals surface area (Å²) in [6, 6.07) is 16.1. The second-order valence-electron chi connectivity index (χ2n) is 7.93. The van der Waals surface area contributed by atoms with Gasteiger partial charge in [0.25, 0.3) is 5.91 Å². The lowest BCUT2D eigenvalue weighted by atomic mass is 9.88. The monoisotopic (exact) mass is 418 g/mol. The van der Waals surface area contributed by atoms with E-state index in [1.165, 1.54) is 10.4 Å². The van der Waals surface area contributed by atoms with Crippen molar-refractivity contribution in [2.45, 2.75) is 32.4 Å². The van der Waals surface area contributed by atoms with Crippen molar-refractivity contribution in [1.82, 2.24) is 5.32 Å². The molecule has 0 spiro atoms. The van der Waals surface area contributed by atoms with Crippen LogP contribution >= 0.6 is 11.3 Å². The van der Waals surface area contributed by atoms with Gasteiger partial charge in [-0.25, -0.2) is 4.79 Å². The number of hydrogen-bond acceptors (Lipinski definition) is 5. The minimum Gasteiger partial charge on any atom is -0.423 e. The third-order valence-corrected chi connectivity index (χ3v) is 6.91. The van der Waals surface area contributed by atoms with Crippen LogP contribution in [0.2, 0.25) is 0 Å². The molecule has 1 aliphatic heterocycles. The standard InChI is InChI=1S/C24H22N2O3S/c1-14-7-12-18-19(13-14)30-23-20(18)22(27)25-21(26-23)15-8-10-17(11-9-15)29-24(28)16-5-3-2-4-6-16/h2-6,8-11,14,21,26H,7,12-13H2,1H3,(H,25,27)/t14-,21+/m1/s1. The normalized spacial score (nSPS) is 19.8. The summed E-state index contributed by atoms with van der Waals surface area (Å²) in [5.41, 5.74) is 3.46. The van der Waals surface area contributed by atoms with Crippen LogP contribution in [0.5, 0.6) is 5.75 Å². The number of amides is 1. The SMILES string of the molecule is C[C@@H]1CCc2c(sc3c2C(=O)N[C@H](c2ccc(OC(=O)c4ccccc4)cc2)N3)C1. The van der Waals surface area contributed by atoms with Gasteiger partial charge in [0.05, 0.1) is 11.1 Å². The number of ether oxygens (including phenoxy) is 1. The van der Waals surface area contributed by atoms with Gasteiger partial charge in [-0.1, -0.05) is 37.3 Å². The maximum atomic E-state index is 12.8. The van der Waals surface area contributed by atoms with Gasteiger partial charge in [-0.05, 0) is 60.6 Å². The van der Waals surface area contributed by atoms with E-state index in [4.69, 9.17) is 4.74 Å². The third-order valence-electron chi connectivity index (χ3n) is 5.72. The summed E-state index contributed by atoms with van der Waals surface area (Å²) in [5.74, 6) is 0.731. The number of carbonyl (C=O) groups excluding carboxylic acids is 2. The van der Waals surface area contributed by atoms with E-state index in [1.807, 2.05) is 18.2 Å². The number of fused-ring (bicyclic) bond motifs is 3. The Balaban J connectivity index is 1.32. The number of nitrogens with one attached hydrogen (secondary N) is 2. The lowest BCUT2D eigenvalue weighted by molar-refractivity contribution is 0.0734. The molecule has 2 heterocycles. The molecule has 2 atom stereocenters. The molecule has 2 aromatic carbocycles. The molecule has 0 fully saturated rings. The number of esters is 1. The molecule has 6 heteroatoms. The second-order valence-corrected chi connectivity index (χ2v) is 9.04. The lowest BCUT2D eigenvalue weighted by Crippen LogP contribution is -2.38. The molecule has 1 aliphatic carbocycles. The molecular weight excluding hydrogens is 396 g/mol. The fourth-order valence-corrected chi connectivity index (χ4v) is 5.53. The molecule has 0 saturated heterocycles. The molecule has 0 radical (unpaired) electrons. The predicted molar refractivity (Wildman–Crippen MR) is 117 cm³/mol. The molecule has 1 aromatic heterocycles. The van der Waals surface area contributed by atoms with Gasteiger partial charge in [0.1, 0.15) is 16.9 Å². The number of rotatable bonds is 3. The quantitative estimate of drug-likeness (QED) is 0.467. The van der Waals surface area contributed by atoms with Crippen molar-refractivity contribution in [2.75, 3.05) is 5.32 Å². The van der Waals surface area contributed by atoms with Crippen LogP contribution in [-0.2, 0) is 12.8 Å². The molecule has 152 valence electrons. The molecule has 1 amide bonds. The molecule has 0 bridgehead atoms. The summed E-state index contributed by atoms with van der Waals surface area (Å²) in [6.07, 6.45) is 2.86. The summed E-state index contributed by atoms with van der Waals surface area (Å²) in [4.78, 5) is 26.4. The molecular formula is C24H22N2O3S. The highest BCUT2D eigenvalue weighted by Crippen LogP contribution is 2.42. The molecule has 2 N–H and O–H groups in total. The van der Waals surface area contributed by atoms with Crippen molar-refractivity contribution < 1.29 is 14.3 Å². The summed E-state index contributed by atoms with van der Waals surface area (Å²) in [6.45, 7) is 2.27. The minimum absolute atomic E-state index is 0.0135. The van der Waals surface area contributed by atoms with Crippen molar-refractivity contribution >= 4 is 28.2 Å². The second kappa shape index (κ2) is 7.61. The van der Waals surface area contributed by atoms with E-state index in [9.17, 15) is 9.59 Å². The zero-order chi connectivity index (χ0) is 20.7. The average Bonchev–Trinajstić information content (AvgIpc) is 3.12. The van der Waals surface area contributed by atoms with Gasteiger partial charge in [0, 0.05) is 4.88 Å². The Hall–Kier alpha value is -3.12. The van der Waals surface area contributed by atoms with Gasteiger partial charge in [-0.15, -0.1) is 11.3 Å². The van der Waals surface area contributed by atoms with E-state index in [0.717, 1.165) is 35.4 Å². The number of carbonyl (C=O) groups is 2. The van der Waals surface area contributed by atoms with Crippen molar-refractivity contribution in [1.29, 1.82) is 0 Å². The summed E-state index contributed by atoms with van der Waals surface area (Å²) < 4.78 is 5.44. The van der Waals surface area contributed by atoms with Gasteiger partial charge < -0.3 is 15.4 Å². The van der Waals surface area contributed by atoms with Crippen LogP contribution in [0.15, 0.2) is 54.6 Å². The average molecular weight is 419 g/mol. The molecule has 5 nitrogen and oxygen atoms in total. The summed E-state index contributed by atoms with van der Waals surface area (Å²) in [7, 11) is 0. The van der Waals surface area contributed by atoms with Gasteiger partial charge in [0.2, 0.25) is 0 Å². The first-order valence-electron chi connectivity index (χ1n) is 10.2. The van der Waals surface area contributed by atoms with Crippen molar-refractivity contribution in [2.24, 2.45) is 5.92 Å². The Morgan fingerprint density at radius 3 is 2.60 bits per heavy atom. The summed E-state index contributed by atoms with van der Waals surface area (Å²) in [5, 5.41) is 7.51. The number of anilines is 1. The van der Waals surface area contributed by atoms with Crippen molar-refractivity contribution in [3.05, 3.63) is 81.7 Å². The first kappa shape index (κ1) is 18.9. The van der Waals surface area contributed by atoms with Crippen LogP contribution in [0.25, 0.3) is 0 Å². The maximum Gasteiger partial charge on any atom is 0.343 e. The van der Waals surface area contributed by atoms with E-state index < -0.39 is 5.97 Å². The van der Waals surface area contributed by atoms with Gasteiger partial charge >= 0.3 is 5.97 Å². The van der Waals surface area contributed by atoms with Crippen LogP contribution in [0.3, 0.4) is 0 Å². The highest BCUT2D eigenvalue weighted by atomic mass is 32.1. The first-order chi connectivity index (χ1) is 14.6. The maximum absolute atomic E-state index is 12.8. The van der Waals surface area contributed by atoms with Crippen LogP contribution in [-0.4, -0.2) is 11.9 Å². The van der Waals surface area contributed by atoms with E-state index in [0.29, 0.717) is 17.2 Å². The Morgan fingerprint density at radius 2 is 1.83 bits per heavy atom. The summed E-state index contributed by atoms with van der Waals surface area (Å²) >= 11 is 1.71. The Morgan fingerprint density at radius 1 is 1.07 bits per heavy atom. The molecule has 30 heavy (non-hydrogen) atoms. The van der Waals surface area contributed by atoms with Gasteiger partial charge in [-0.2, -0.15) is 0 Å². The van der Waals surface area contributed by atoms with Gasteiger partial charge in [0.15, 0.2) is 0 Å². The number of hydrogen-bond donors (Lipinski definition) is 2. The minimum atomic E-state index is -0.393. The van der Waals surface area contributed by atoms with Crippen molar-refractivity contribution in [3.8, 4) is 5.75 Å². The van der Waals surface area contributed by atoms with Crippen LogP contribution in [0.4, 0.5) is 5.00 Å². The Kier molecular flexibility index (Phi) is 4.79. The molecule has 2 aliphatic rings. The van der Waals surface area contributed by atoms with Crippen LogP contribution in [0.1, 0.15) is 56.2 Å². The van der Waals surface area contributed by atoms with Crippen LogP contribution < -0.4 is 15.4 Å². The highest BCUT2D eigenvalue weighted by Gasteiger charge is 2.33. The van der Waals surface area contributed by atoms with E-state index >= 15 is 0 Å². The first-order valence-corrected chi connectivity index (χ1v) is 11.0. The van der Waals surface area contributed by atoms with E-state index in [-0.39, 0.29) is 12.1 Å². The molecule has 3 aromatic rings. The smallest absolute Gasteiger partial charge is 0.343 e. The fraction of sp³-hybridized carbons (Fsp3) is 0.250. The van der Waals surface area contributed by atoms with Crippen molar-refractivity contribution in [3.63, 3.8) is 0 Å². The largest absolute Gasteiger partial charge is 0.423 e. The molecule has 0 saturated carbocycles. The third kappa shape index (κ3) is 3.48. The lowest BCUT2D eigenvalue weighted by Gasteiger charge is -2.27. The van der Waals surface area contributed by atoms with E-state index in [1.54, 1.807) is 47.7 Å². The zero-order valence-corrected chi connectivity index (χ0v) is 17.4. The highest BCUT2D eigenvalue weighted by molar-refractivity contribution is 7.16. The zero-order valence-electron chi connectivity index (χ0n) is 16.6. The number of benzene rings is 2. The predicted octanol–water partition coefficient (Wildman–Crippen LogP) is 4.95. The van der Waals surface area contributed by atoms with Gasteiger partial charge in [-0.3, -0.25) is 4.79 Å². The van der Waals surface area contributed by atoms with Crippen LogP contribution in [0, 0.1) is 5.92 Å². The molecule has 5 rings (SSSR count). The fourth-order valence-electron chi connectivity index (χ4n) is 4.10.